The van der Waals surface area contributed by atoms with E-state index >= 15 is 0 Å². The maximum atomic E-state index is 9.42. The van der Waals surface area contributed by atoms with Gasteiger partial charge in [-0.2, -0.15) is 0 Å². The van der Waals surface area contributed by atoms with Gasteiger partial charge >= 0.3 is 0 Å². The molecule has 0 aliphatic carbocycles. The summed E-state index contributed by atoms with van der Waals surface area (Å²) in [5, 5.41) is 18.8. The van der Waals surface area contributed by atoms with Crippen molar-refractivity contribution >= 4 is 0 Å². The van der Waals surface area contributed by atoms with E-state index in [4.69, 9.17) is 0 Å². The number of hydrogen-bond acceptors (Lipinski definition) is 3. The van der Waals surface area contributed by atoms with Crippen molar-refractivity contribution in [3.05, 3.63) is 35.8 Å². The fraction of sp³-hybridized carbons (Fsp3) is 0.455. The van der Waals surface area contributed by atoms with Crippen molar-refractivity contribution in [1.82, 2.24) is 4.90 Å². The Morgan fingerprint density at radius 2 is 2.07 bits per heavy atom. The highest BCUT2D eigenvalue weighted by molar-refractivity contribution is 5.28. The monoisotopic (exact) mass is 195 g/mol. The van der Waals surface area contributed by atoms with Gasteiger partial charge in [-0.25, -0.2) is 0 Å². The lowest BCUT2D eigenvalue weighted by Crippen LogP contribution is -2.22. The van der Waals surface area contributed by atoms with Gasteiger partial charge in [-0.15, -0.1) is 0 Å². The first-order valence-corrected chi connectivity index (χ1v) is 4.76. The first-order chi connectivity index (χ1) is 6.59. The van der Waals surface area contributed by atoms with Crippen molar-refractivity contribution in [2.75, 3.05) is 20.1 Å². The molecule has 0 atom stereocenters. The van der Waals surface area contributed by atoms with Crippen molar-refractivity contribution in [2.45, 2.75) is 12.8 Å². The molecule has 1 aliphatic heterocycles. The highest BCUT2D eigenvalue weighted by atomic mass is 16.3. The van der Waals surface area contributed by atoms with Crippen molar-refractivity contribution in [1.29, 1.82) is 0 Å². The molecule has 3 nitrogen and oxygen atoms in total. The molecule has 0 radical (unpaired) electrons. The van der Waals surface area contributed by atoms with Gasteiger partial charge in [0, 0.05) is 6.54 Å². The van der Waals surface area contributed by atoms with Crippen LogP contribution in [0.3, 0.4) is 0 Å². The largest absolute Gasteiger partial charge is 0.504 e. The van der Waals surface area contributed by atoms with E-state index in [1.54, 1.807) is 6.08 Å². The molecule has 0 fully saturated rings. The third-order valence-electron chi connectivity index (χ3n) is 2.16. The summed E-state index contributed by atoms with van der Waals surface area (Å²) in [7, 11) is 2.02. The zero-order chi connectivity index (χ0) is 10.6. The van der Waals surface area contributed by atoms with Crippen LogP contribution in [0.2, 0.25) is 0 Å². The fourth-order valence-corrected chi connectivity index (χ4v) is 1.44. The first-order valence-electron chi connectivity index (χ1n) is 4.76. The van der Waals surface area contributed by atoms with Gasteiger partial charge in [0.15, 0.2) is 11.5 Å². The van der Waals surface area contributed by atoms with Gasteiger partial charge in [-0.3, -0.25) is 0 Å². The summed E-state index contributed by atoms with van der Waals surface area (Å²) in [6.45, 7) is 5.50. The van der Waals surface area contributed by atoms with E-state index in [2.05, 4.69) is 11.5 Å². The molecule has 0 aromatic rings. The number of rotatable bonds is 0. The lowest BCUT2D eigenvalue weighted by atomic mass is 10.1. The van der Waals surface area contributed by atoms with Crippen LogP contribution in [0, 0.1) is 0 Å². The van der Waals surface area contributed by atoms with Crippen LogP contribution < -0.4 is 0 Å². The summed E-state index contributed by atoms with van der Waals surface area (Å²) in [6.07, 6.45) is 4.90. The molecular weight excluding hydrogens is 178 g/mol. The Labute approximate surface area is 84.7 Å². The van der Waals surface area contributed by atoms with Crippen LogP contribution in [-0.2, 0) is 0 Å². The van der Waals surface area contributed by atoms with E-state index in [0.29, 0.717) is 0 Å². The number of allylic oxidation sites excluding steroid dienone is 1. The Morgan fingerprint density at radius 1 is 1.36 bits per heavy atom. The number of nitrogens with zero attached hydrogens (tertiary/aromatic N) is 1. The predicted molar refractivity (Wildman–Crippen MR) is 57.3 cm³/mol. The zero-order valence-corrected chi connectivity index (χ0v) is 8.53. The number of aliphatic hydroxyl groups excluding tert-OH is 2. The van der Waals surface area contributed by atoms with Gasteiger partial charge in [0.05, 0.1) is 0 Å². The van der Waals surface area contributed by atoms with E-state index in [9.17, 15) is 10.2 Å². The second-order valence-corrected chi connectivity index (χ2v) is 3.66. The van der Waals surface area contributed by atoms with Crippen LogP contribution in [0.25, 0.3) is 0 Å². The second-order valence-electron chi connectivity index (χ2n) is 3.66. The normalized spacial score (nSPS) is 28.8. The van der Waals surface area contributed by atoms with Crippen LogP contribution in [0.4, 0.5) is 0 Å². The standard InChI is InChI=1S/C11H17NO2/c1-9-7-11(14)10(13)5-3-4-6-12(2)8-9/h5,7,13-14H,1,3-4,6,8H2,2H3/b10-5+,11-7+. The van der Waals surface area contributed by atoms with Crippen LogP contribution in [0.5, 0.6) is 0 Å². The molecule has 3 heteroatoms. The molecular formula is C11H17NO2. The molecule has 0 aromatic heterocycles. The molecule has 78 valence electrons. The molecule has 0 bridgehead atoms. The first kappa shape index (κ1) is 10.9. The average Bonchev–Trinajstić information content (AvgIpc) is 2.10. The Morgan fingerprint density at radius 3 is 2.79 bits per heavy atom. The topological polar surface area (TPSA) is 43.7 Å². The molecule has 1 rings (SSSR count). The smallest absolute Gasteiger partial charge is 0.157 e. The summed E-state index contributed by atoms with van der Waals surface area (Å²) in [6, 6.07) is 0. The minimum absolute atomic E-state index is 0.0456. The molecule has 0 aromatic carbocycles. The highest BCUT2D eigenvalue weighted by Crippen LogP contribution is 2.11. The van der Waals surface area contributed by atoms with Gasteiger partial charge in [0.25, 0.3) is 0 Å². The van der Waals surface area contributed by atoms with Crippen molar-refractivity contribution in [3.63, 3.8) is 0 Å². The zero-order valence-electron chi connectivity index (χ0n) is 8.53. The van der Waals surface area contributed by atoms with E-state index in [1.165, 1.54) is 6.08 Å². The molecule has 14 heavy (non-hydrogen) atoms. The SMILES string of the molecule is C=C1/C=C(O)\C(O)=C/CCCN(C)C1. The van der Waals surface area contributed by atoms with E-state index < -0.39 is 0 Å². The molecule has 0 unspecified atom stereocenters. The van der Waals surface area contributed by atoms with Gasteiger partial charge < -0.3 is 15.1 Å². The van der Waals surface area contributed by atoms with Crippen molar-refractivity contribution < 1.29 is 10.2 Å². The molecule has 2 N–H and O–H groups in total. The fourth-order valence-electron chi connectivity index (χ4n) is 1.44. The summed E-state index contributed by atoms with van der Waals surface area (Å²) in [5.41, 5.74) is 0.798. The Balaban J connectivity index is 2.79. The minimum atomic E-state index is -0.0923. The Kier molecular flexibility index (Phi) is 3.77. The Bertz CT molecular complexity index is 279. The van der Waals surface area contributed by atoms with Gasteiger partial charge in [-0.05, 0) is 44.2 Å². The lowest BCUT2D eigenvalue weighted by molar-refractivity contribution is 0.317. The van der Waals surface area contributed by atoms with Crippen LogP contribution in [0.15, 0.2) is 35.8 Å². The third-order valence-corrected chi connectivity index (χ3v) is 2.16. The predicted octanol–water partition coefficient (Wildman–Crippen LogP) is 2.15. The molecule has 1 heterocycles. The Hall–Kier alpha value is -1.22. The molecule has 0 saturated heterocycles. The maximum Gasteiger partial charge on any atom is 0.157 e. The van der Waals surface area contributed by atoms with Gasteiger partial charge in [0.1, 0.15) is 0 Å². The quantitative estimate of drug-likeness (QED) is 0.622. The second kappa shape index (κ2) is 4.86. The van der Waals surface area contributed by atoms with E-state index in [0.717, 1.165) is 31.5 Å². The summed E-state index contributed by atoms with van der Waals surface area (Å²) in [5.74, 6) is -0.138. The molecule has 1 aliphatic rings. The van der Waals surface area contributed by atoms with Crippen molar-refractivity contribution in [2.24, 2.45) is 0 Å². The molecule has 0 amide bonds. The van der Waals surface area contributed by atoms with Crippen LogP contribution >= 0.6 is 0 Å². The molecule has 0 saturated carbocycles. The number of hydrogen-bond donors (Lipinski definition) is 2. The van der Waals surface area contributed by atoms with Gasteiger partial charge in [-0.1, -0.05) is 6.58 Å². The van der Waals surface area contributed by atoms with Crippen LogP contribution in [-0.4, -0.2) is 35.3 Å². The lowest BCUT2D eigenvalue weighted by Gasteiger charge is -2.17. The number of aliphatic hydroxyl groups is 2. The van der Waals surface area contributed by atoms with E-state index in [-0.39, 0.29) is 11.5 Å². The highest BCUT2D eigenvalue weighted by Gasteiger charge is 2.06. The summed E-state index contributed by atoms with van der Waals surface area (Å²) >= 11 is 0. The van der Waals surface area contributed by atoms with Crippen LogP contribution in [0.1, 0.15) is 12.8 Å². The number of likely N-dealkylation sites (N-methyl/N-ethyl adjacent to an activating group) is 1. The summed E-state index contributed by atoms with van der Waals surface area (Å²) < 4.78 is 0. The van der Waals surface area contributed by atoms with E-state index in [1.807, 2.05) is 7.05 Å². The van der Waals surface area contributed by atoms with Crippen molar-refractivity contribution in [3.8, 4) is 0 Å². The molecule has 0 spiro atoms. The minimum Gasteiger partial charge on any atom is -0.504 e. The maximum absolute atomic E-state index is 9.42. The average molecular weight is 195 g/mol. The third kappa shape index (κ3) is 3.26. The summed E-state index contributed by atoms with van der Waals surface area (Å²) in [4.78, 5) is 2.14. The van der Waals surface area contributed by atoms with Gasteiger partial charge in [0.2, 0.25) is 0 Å².